The van der Waals surface area contributed by atoms with Crippen LogP contribution in [0.5, 0.6) is 0 Å². The van der Waals surface area contributed by atoms with Crippen molar-refractivity contribution in [2.75, 3.05) is 19.6 Å². The van der Waals surface area contributed by atoms with E-state index in [1.165, 1.54) is 10.8 Å². The van der Waals surface area contributed by atoms with Crippen molar-refractivity contribution in [1.29, 1.82) is 0 Å². The second kappa shape index (κ2) is 9.85. The number of nitrogens with zero attached hydrogens (tertiary/aromatic N) is 1. The highest BCUT2D eigenvalue weighted by atomic mass is 28.3. The zero-order valence-electron chi connectivity index (χ0n) is 17.1. The van der Waals surface area contributed by atoms with Gasteiger partial charge in [0.15, 0.2) is 0 Å². The largest absolute Gasteiger partial charge is 0.341 e. The lowest BCUT2D eigenvalue weighted by Gasteiger charge is -2.24. The molecule has 1 aliphatic heterocycles. The molecule has 1 atom stereocenters. The van der Waals surface area contributed by atoms with Crippen LogP contribution in [0, 0.1) is 0 Å². The maximum atomic E-state index is 13.0. The summed E-state index contributed by atoms with van der Waals surface area (Å²) in [7, 11) is -1.59. The number of amides is 1. The summed E-state index contributed by atoms with van der Waals surface area (Å²) in [5.74, 6) is 0.245. The summed E-state index contributed by atoms with van der Waals surface area (Å²) < 4.78 is 0. The monoisotopic (exact) mass is 392 g/mol. The first-order valence-electron chi connectivity index (χ1n) is 10.4. The summed E-state index contributed by atoms with van der Waals surface area (Å²) >= 11 is 0. The molecule has 0 aliphatic carbocycles. The molecule has 1 saturated heterocycles. The molecule has 3 rings (SSSR count). The van der Waals surface area contributed by atoms with E-state index in [-0.39, 0.29) is 11.9 Å². The van der Waals surface area contributed by atoms with Gasteiger partial charge in [-0.25, -0.2) is 0 Å². The molecule has 3 nitrogen and oxygen atoms in total. The van der Waals surface area contributed by atoms with Gasteiger partial charge in [0.25, 0.3) is 0 Å². The average molecular weight is 393 g/mol. The standard InChI is InChI=1S/C24H32N2OSi/c1-28(2,22-14-7-4-8-15-22)19-11-16-25-23(20-21-12-5-3-6-13-21)24(27)26-17-9-10-18-26/h3-8,11-15,19,23,25H,9-10,16-18,20H2,1-2H3/b19-11+. The topological polar surface area (TPSA) is 32.3 Å². The zero-order valence-corrected chi connectivity index (χ0v) is 18.1. The SMILES string of the molecule is C[Si](C)(/C=C/CNC(Cc1ccccc1)C(=O)N1CCCC1)c1ccccc1. The summed E-state index contributed by atoms with van der Waals surface area (Å²) in [4.78, 5) is 15.0. The Morgan fingerprint density at radius 2 is 1.64 bits per heavy atom. The Hall–Kier alpha value is -2.17. The number of nitrogens with one attached hydrogen (secondary N) is 1. The fourth-order valence-electron chi connectivity index (χ4n) is 3.78. The molecule has 0 bridgehead atoms. The Balaban J connectivity index is 1.63. The Morgan fingerprint density at radius 3 is 2.29 bits per heavy atom. The summed E-state index contributed by atoms with van der Waals surface area (Å²) in [6.45, 7) is 7.23. The lowest BCUT2D eigenvalue weighted by atomic mass is 10.0. The molecule has 4 heteroatoms. The molecule has 0 aromatic heterocycles. The van der Waals surface area contributed by atoms with Gasteiger partial charge in [0.05, 0.1) is 6.04 Å². The quantitative estimate of drug-likeness (QED) is 0.697. The fourth-order valence-corrected chi connectivity index (χ4v) is 5.73. The van der Waals surface area contributed by atoms with E-state index in [4.69, 9.17) is 0 Å². The van der Waals surface area contributed by atoms with Gasteiger partial charge in [-0.1, -0.05) is 90.7 Å². The minimum Gasteiger partial charge on any atom is -0.341 e. The predicted molar refractivity (Wildman–Crippen MR) is 120 cm³/mol. The summed E-state index contributed by atoms with van der Waals surface area (Å²) in [6, 6.07) is 20.9. The van der Waals surface area contributed by atoms with Crippen LogP contribution < -0.4 is 10.5 Å². The van der Waals surface area contributed by atoms with Crippen molar-refractivity contribution < 1.29 is 4.79 Å². The molecule has 1 fully saturated rings. The molecule has 1 heterocycles. The third-order valence-electron chi connectivity index (χ3n) is 5.53. The van der Waals surface area contributed by atoms with Gasteiger partial charge in [-0.05, 0) is 24.8 Å². The van der Waals surface area contributed by atoms with Crippen molar-refractivity contribution in [2.24, 2.45) is 0 Å². The molecule has 2 aromatic carbocycles. The highest BCUT2D eigenvalue weighted by Crippen LogP contribution is 2.12. The van der Waals surface area contributed by atoms with Crippen LogP contribution in [-0.4, -0.2) is 44.6 Å². The highest BCUT2D eigenvalue weighted by molar-refractivity contribution is 6.93. The molecule has 1 amide bonds. The minimum atomic E-state index is -1.59. The van der Waals surface area contributed by atoms with Crippen molar-refractivity contribution in [3.63, 3.8) is 0 Å². The van der Waals surface area contributed by atoms with Gasteiger partial charge in [-0.15, -0.1) is 0 Å². The average Bonchev–Trinajstić information content (AvgIpc) is 3.26. The van der Waals surface area contributed by atoms with E-state index in [0.29, 0.717) is 0 Å². The Morgan fingerprint density at radius 1 is 1.04 bits per heavy atom. The van der Waals surface area contributed by atoms with Crippen LogP contribution in [0.2, 0.25) is 13.1 Å². The van der Waals surface area contributed by atoms with Gasteiger partial charge in [-0.2, -0.15) is 0 Å². The number of benzene rings is 2. The van der Waals surface area contributed by atoms with Crippen LogP contribution in [0.3, 0.4) is 0 Å². The highest BCUT2D eigenvalue weighted by Gasteiger charge is 2.26. The van der Waals surface area contributed by atoms with Crippen molar-refractivity contribution in [2.45, 2.75) is 38.4 Å². The predicted octanol–water partition coefficient (Wildman–Crippen LogP) is 3.52. The molecule has 28 heavy (non-hydrogen) atoms. The van der Waals surface area contributed by atoms with E-state index in [9.17, 15) is 4.79 Å². The Kier molecular flexibility index (Phi) is 7.23. The molecule has 1 unspecified atom stereocenters. The van der Waals surface area contributed by atoms with E-state index >= 15 is 0 Å². The number of hydrogen-bond donors (Lipinski definition) is 1. The van der Waals surface area contributed by atoms with Gasteiger partial charge in [0.2, 0.25) is 5.91 Å². The first-order valence-corrected chi connectivity index (χ1v) is 13.4. The fraction of sp³-hybridized carbons (Fsp3) is 0.375. The van der Waals surface area contributed by atoms with Crippen LogP contribution in [-0.2, 0) is 11.2 Å². The number of hydrogen-bond acceptors (Lipinski definition) is 2. The van der Waals surface area contributed by atoms with Gasteiger partial charge in [0.1, 0.15) is 8.07 Å². The second-order valence-electron chi connectivity index (χ2n) is 8.17. The lowest BCUT2D eigenvalue weighted by molar-refractivity contribution is -0.132. The molecule has 2 aromatic rings. The van der Waals surface area contributed by atoms with E-state index in [1.54, 1.807) is 0 Å². The van der Waals surface area contributed by atoms with Crippen LogP contribution >= 0.6 is 0 Å². The smallest absolute Gasteiger partial charge is 0.240 e. The maximum absolute atomic E-state index is 13.0. The zero-order chi connectivity index (χ0) is 19.8. The molecule has 0 spiro atoms. The first kappa shape index (κ1) is 20.6. The molecule has 1 aliphatic rings. The third kappa shape index (κ3) is 5.66. The molecule has 1 N–H and O–H groups in total. The normalized spacial score (nSPS) is 15.9. The van der Waals surface area contributed by atoms with Crippen molar-refractivity contribution in [1.82, 2.24) is 10.2 Å². The van der Waals surface area contributed by atoms with Gasteiger partial charge in [-0.3, -0.25) is 4.79 Å². The number of carbonyl (C=O) groups is 1. The van der Waals surface area contributed by atoms with E-state index < -0.39 is 8.07 Å². The van der Waals surface area contributed by atoms with E-state index in [1.807, 2.05) is 23.1 Å². The van der Waals surface area contributed by atoms with Crippen molar-refractivity contribution in [3.8, 4) is 0 Å². The Labute approximate surface area is 170 Å². The van der Waals surface area contributed by atoms with Crippen LogP contribution in [0.4, 0.5) is 0 Å². The number of likely N-dealkylation sites (tertiary alicyclic amines) is 1. The second-order valence-corrected chi connectivity index (χ2v) is 12.5. The van der Waals surface area contributed by atoms with Gasteiger partial charge in [0, 0.05) is 19.6 Å². The van der Waals surface area contributed by atoms with E-state index in [0.717, 1.165) is 38.9 Å². The van der Waals surface area contributed by atoms with Crippen LogP contribution in [0.25, 0.3) is 0 Å². The van der Waals surface area contributed by atoms with Crippen LogP contribution in [0.15, 0.2) is 72.4 Å². The van der Waals surface area contributed by atoms with Crippen LogP contribution in [0.1, 0.15) is 18.4 Å². The summed E-state index contributed by atoms with van der Waals surface area (Å²) in [5.41, 5.74) is 3.57. The third-order valence-corrected chi connectivity index (χ3v) is 8.42. The molecular formula is C24H32N2OSi. The van der Waals surface area contributed by atoms with Crippen molar-refractivity contribution in [3.05, 3.63) is 78.0 Å². The molecule has 148 valence electrons. The van der Waals surface area contributed by atoms with E-state index in [2.05, 4.69) is 72.7 Å². The maximum Gasteiger partial charge on any atom is 0.240 e. The molecule has 0 saturated carbocycles. The lowest BCUT2D eigenvalue weighted by Crippen LogP contribution is -2.47. The minimum absolute atomic E-state index is 0.161. The first-order chi connectivity index (χ1) is 13.6. The van der Waals surface area contributed by atoms with Gasteiger partial charge < -0.3 is 10.2 Å². The Bertz CT molecular complexity index is 768. The summed E-state index contributed by atoms with van der Waals surface area (Å²) in [5, 5.41) is 4.94. The molecular weight excluding hydrogens is 360 g/mol. The van der Waals surface area contributed by atoms with Gasteiger partial charge >= 0.3 is 0 Å². The molecule has 0 radical (unpaired) electrons. The number of carbonyl (C=O) groups excluding carboxylic acids is 1. The van der Waals surface area contributed by atoms with Crippen molar-refractivity contribution >= 4 is 19.2 Å². The number of rotatable bonds is 8. The summed E-state index contributed by atoms with van der Waals surface area (Å²) in [6.07, 6.45) is 5.21.